The Balaban J connectivity index is 0.852. The molecule has 0 spiro atoms. The van der Waals surface area contributed by atoms with E-state index in [1.807, 2.05) is 0 Å². The maximum absolute atomic E-state index is 6.82. The minimum Gasteiger partial charge on any atom is -0.456 e. The van der Waals surface area contributed by atoms with E-state index >= 15 is 0 Å². The number of benzene rings is 9. The Morgan fingerprint density at radius 2 is 0.986 bits per heavy atom. The van der Waals surface area contributed by atoms with Crippen LogP contribution in [0.15, 0.2) is 173 Å². The summed E-state index contributed by atoms with van der Waals surface area (Å²) in [6.45, 7) is 23.7. The average Bonchev–Trinajstić information content (AvgIpc) is 4.12. The highest BCUT2D eigenvalue weighted by molar-refractivity contribution is 6.19. The molecule has 0 fully saturated rings. The SMILES string of the molecule is Cc1cccc(-c2cc3c(c4c2oc2ccccc24)-c2ccc(CC(Cc4ccc5c(c4)C(C)(C)c4cc6c(cc4-5)C(C)(C)c4ccc5oc7ccccc7c5c4-6)c4ccc(C(C)(C)C)cc4)cc2C3(C)C)c1. The van der Waals surface area contributed by atoms with Gasteiger partial charge in [0, 0.05) is 43.4 Å². The van der Waals surface area contributed by atoms with Crippen molar-refractivity contribution in [2.24, 2.45) is 0 Å². The van der Waals surface area contributed by atoms with E-state index in [2.05, 4.69) is 233 Å². The molecule has 2 heteroatoms. The van der Waals surface area contributed by atoms with Crippen molar-refractivity contribution in [3.8, 4) is 44.5 Å². The molecule has 1 atom stereocenters. The fraction of sp³-hybridized carbons (Fsp3) is 0.239. The maximum Gasteiger partial charge on any atom is 0.143 e. The Morgan fingerprint density at radius 1 is 0.425 bits per heavy atom. The van der Waals surface area contributed by atoms with Crippen molar-refractivity contribution in [1.82, 2.24) is 0 Å². The largest absolute Gasteiger partial charge is 0.456 e. The van der Waals surface area contributed by atoms with Gasteiger partial charge in [-0.05, 0) is 162 Å². The molecule has 3 aliphatic carbocycles. The van der Waals surface area contributed by atoms with E-state index in [0.717, 1.165) is 40.7 Å². The lowest BCUT2D eigenvalue weighted by Gasteiger charge is -2.25. The van der Waals surface area contributed by atoms with Gasteiger partial charge in [0.05, 0.1) is 0 Å². The average molecular weight is 947 g/mol. The van der Waals surface area contributed by atoms with Crippen LogP contribution >= 0.6 is 0 Å². The minimum atomic E-state index is -0.216. The lowest BCUT2D eigenvalue weighted by Crippen LogP contribution is -2.17. The summed E-state index contributed by atoms with van der Waals surface area (Å²) in [7, 11) is 0. The van der Waals surface area contributed by atoms with E-state index in [0.29, 0.717) is 0 Å². The lowest BCUT2D eigenvalue weighted by molar-refractivity contribution is 0.588. The third-order valence-corrected chi connectivity index (χ3v) is 17.9. The second-order valence-electron chi connectivity index (χ2n) is 24.5. The fourth-order valence-electron chi connectivity index (χ4n) is 13.9. The molecule has 2 heterocycles. The van der Waals surface area contributed by atoms with Gasteiger partial charge in [-0.3, -0.25) is 0 Å². The van der Waals surface area contributed by atoms with Gasteiger partial charge >= 0.3 is 0 Å². The molecule has 0 saturated carbocycles. The highest BCUT2D eigenvalue weighted by Crippen LogP contribution is 2.59. The number of para-hydroxylation sites is 2. The Morgan fingerprint density at radius 3 is 1.68 bits per heavy atom. The van der Waals surface area contributed by atoms with Crippen LogP contribution in [0.5, 0.6) is 0 Å². The van der Waals surface area contributed by atoms with Crippen molar-refractivity contribution in [3.63, 3.8) is 0 Å². The van der Waals surface area contributed by atoms with Gasteiger partial charge in [-0.15, -0.1) is 0 Å². The Bertz CT molecular complexity index is 4150. The zero-order valence-electron chi connectivity index (χ0n) is 43.9. The maximum atomic E-state index is 6.82. The van der Waals surface area contributed by atoms with Gasteiger partial charge in [0.15, 0.2) is 0 Å². The van der Waals surface area contributed by atoms with Crippen molar-refractivity contribution in [1.29, 1.82) is 0 Å². The number of furan rings is 2. The monoisotopic (exact) mass is 946 g/mol. The smallest absolute Gasteiger partial charge is 0.143 e. The van der Waals surface area contributed by atoms with E-state index in [-0.39, 0.29) is 27.6 Å². The highest BCUT2D eigenvalue weighted by atomic mass is 16.3. The Kier molecular flexibility index (Phi) is 9.15. The molecule has 358 valence electrons. The molecule has 0 aliphatic heterocycles. The van der Waals surface area contributed by atoms with Crippen molar-refractivity contribution in [2.75, 3.05) is 0 Å². The van der Waals surface area contributed by atoms with Crippen LogP contribution in [0.4, 0.5) is 0 Å². The topological polar surface area (TPSA) is 26.3 Å². The van der Waals surface area contributed by atoms with E-state index in [1.54, 1.807) is 0 Å². The highest BCUT2D eigenvalue weighted by Gasteiger charge is 2.43. The van der Waals surface area contributed by atoms with E-state index in [9.17, 15) is 0 Å². The molecule has 0 radical (unpaired) electrons. The molecular weight excluding hydrogens is 885 g/mol. The van der Waals surface area contributed by atoms with Crippen LogP contribution in [-0.4, -0.2) is 0 Å². The fourth-order valence-corrected chi connectivity index (χ4v) is 13.9. The van der Waals surface area contributed by atoms with Crippen molar-refractivity contribution < 1.29 is 8.83 Å². The first-order valence-corrected chi connectivity index (χ1v) is 26.5. The molecular formula is C71H62O2. The van der Waals surface area contributed by atoms with Crippen molar-refractivity contribution in [3.05, 3.63) is 225 Å². The molecule has 14 rings (SSSR count). The van der Waals surface area contributed by atoms with Crippen LogP contribution in [0.1, 0.15) is 129 Å². The summed E-state index contributed by atoms with van der Waals surface area (Å²) in [6.07, 6.45) is 1.88. The molecule has 2 aromatic heterocycles. The summed E-state index contributed by atoms with van der Waals surface area (Å²) < 4.78 is 13.3. The van der Waals surface area contributed by atoms with E-state index in [1.165, 1.54) is 122 Å². The second-order valence-corrected chi connectivity index (χ2v) is 24.5. The molecule has 0 bridgehead atoms. The van der Waals surface area contributed by atoms with Crippen molar-refractivity contribution in [2.45, 2.75) is 110 Å². The van der Waals surface area contributed by atoms with Crippen LogP contribution in [-0.2, 0) is 34.5 Å². The van der Waals surface area contributed by atoms with Gasteiger partial charge in [0.25, 0.3) is 0 Å². The van der Waals surface area contributed by atoms with Crippen LogP contribution < -0.4 is 0 Å². The summed E-state index contributed by atoms with van der Waals surface area (Å²) in [5, 5.41) is 4.84. The molecule has 0 N–H and O–H groups in total. The first kappa shape index (κ1) is 44.3. The van der Waals surface area contributed by atoms with Crippen molar-refractivity contribution >= 4 is 43.9 Å². The Labute approximate surface area is 429 Å². The third kappa shape index (κ3) is 6.35. The quantitative estimate of drug-likeness (QED) is 0.166. The van der Waals surface area contributed by atoms with Crippen LogP contribution in [0.25, 0.3) is 88.4 Å². The first-order valence-electron chi connectivity index (χ1n) is 26.5. The standard InChI is InChI=1S/C71H62O2/c1-40-16-15-17-44(32-40)51-37-59-63(66-50-19-12-14-21-61(50)73-67(51)66)48-29-23-42(36-56(48)71(59,9)10)34-45(43-24-26-46(27-25-43)68(2,3)4)33-41-22-28-47-52-38-58-53(39-57(52)70(7,8)55(47)35-41)64-54(69(58,5)6)30-31-62-65(64)49-18-11-13-20-60(49)72-62/h11-32,35-39,45H,33-34H2,1-10H3. The number of rotatable bonds is 6. The lowest BCUT2D eigenvalue weighted by atomic mass is 9.78. The van der Waals surface area contributed by atoms with Gasteiger partial charge in [-0.1, -0.05) is 195 Å². The molecule has 0 saturated heterocycles. The summed E-state index contributed by atoms with van der Waals surface area (Å²) in [5.74, 6) is 0.273. The van der Waals surface area contributed by atoms with Crippen LogP contribution in [0.3, 0.4) is 0 Å². The zero-order valence-corrected chi connectivity index (χ0v) is 43.9. The molecule has 2 nitrogen and oxygen atoms in total. The zero-order chi connectivity index (χ0) is 50.1. The van der Waals surface area contributed by atoms with E-state index < -0.39 is 0 Å². The van der Waals surface area contributed by atoms with Crippen LogP contribution in [0, 0.1) is 6.92 Å². The molecule has 73 heavy (non-hydrogen) atoms. The normalized spacial score (nSPS) is 15.9. The summed E-state index contributed by atoms with van der Waals surface area (Å²) in [4.78, 5) is 0. The third-order valence-electron chi connectivity index (χ3n) is 17.9. The van der Waals surface area contributed by atoms with Gasteiger partial charge in [-0.2, -0.15) is 0 Å². The molecule has 3 aliphatic rings. The Hall–Kier alpha value is -7.42. The second kappa shape index (κ2) is 15.1. The van der Waals surface area contributed by atoms with E-state index in [4.69, 9.17) is 8.83 Å². The predicted molar refractivity (Wildman–Crippen MR) is 306 cm³/mol. The number of hydrogen-bond donors (Lipinski definition) is 0. The minimum absolute atomic E-state index is 0.0793. The number of hydrogen-bond acceptors (Lipinski definition) is 2. The first-order chi connectivity index (χ1) is 35.0. The van der Waals surface area contributed by atoms with Gasteiger partial charge in [0.1, 0.15) is 22.3 Å². The number of fused-ring (bicyclic) bond motifs is 17. The van der Waals surface area contributed by atoms with Gasteiger partial charge < -0.3 is 8.83 Å². The molecule has 9 aromatic carbocycles. The summed E-state index contributed by atoms with van der Waals surface area (Å²) in [6, 6.07) is 62.4. The molecule has 11 aromatic rings. The van der Waals surface area contributed by atoms with Gasteiger partial charge in [0.2, 0.25) is 0 Å². The van der Waals surface area contributed by atoms with Crippen LogP contribution in [0.2, 0.25) is 0 Å². The molecule has 0 amide bonds. The predicted octanol–water partition coefficient (Wildman–Crippen LogP) is 19.2. The number of aryl methyl sites for hydroxylation is 1. The summed E-state index contributed by atoms with van der Waals surface area (Å²) >= 11 is 0. The molecule has 1 unspecified atom stereocenters. The van der Waals surface area contributed by atoms with Gasteiger partial charge in [-0.25, -0.2) is 0 Å². The summed E-state index contributed by atoms with van der Waals surface area (Å²) in [5.41, 5.74) is 29.0.